The number of hydrogen-bond donors (Lipinski definition) is 0. The van der Waals surface area contributed by atoms with Gasteiger partial charge in [0.15, 0.2) is 7.59 Å². The van der Waals surface area contributed by atoms with E-state index in [9.17, 15) is 0 Å². The second-order valence-electron chi connectivity index (χ2n) is 3.85. The molecule has 0 radical (unpaired) electrons. The number of alkyl halides is 6. The van der Waals surface area contributed by atoms with Gasteiger partial charge in [0.05, 0.1) is 0 Å². The lowest BCUT2D eigenvalue weighted by molar-refractivity contribution is 0.572. The highest BCUT2D eigenvalue weighted by Crippen LogP contribution is 2.33. The maximum absolute atomic E-state index is 5.63. The van der Waals surface area contributed by atoms with Crippen molar-refractivity contribution in [3.8, 4) is 0 Å². The Morgan fingerprint density at radius 3 is 0.938 bits per heavy atom. The molecule has 0 heterocycles. The van der Waals surface area contributed by atoms with Crippen molar-refractivity contribution in [3.63, 3.8) is 0 Å². The van der Waals surface area contributed by atoms with Crippen molar-refractivity contribution in [1.82, 2.24) is 0 Å². The number of hydrogen-bond acceptors (Lipinski definition) is 0. The summed E-state index contributed by atoms with van der Waals surface area (Å²) in [6.07, 6.45) is 7.57. The Morgan fingerprint density at radius 1 is 0.438 bits per heavy atom. The summed E-state index contributed by atoms with van der Waals surface area (Å²) in [4.78, 5) is 0. The lowest BCUT2D eigenvalue weighted by atomic mass is 11.1. The van der Waals surface area contributed by atoms with Crippen LogP contribution in [0.2, 0.25) is 0 Å². The van der Waals surface area contributed by atoms with Gasteiger partial charge in [-0.1, -0.05) is 95.3 Å². The van der Waals surface area contributed by atoms with E-state index in [4.69, 9.17) is 69.6 Å². The average molecular weight is 359 g/mol. The maximum Gasteiger partial charge on any atom is 0.190 e. The quantitative estimate of drug-likeness (QED) is 0.265. The molecule has 0 nitrogen and oxygen atoms in total. The van der Waals surface area contributed by atoms with Crippen LogP contribution in [0.25, 0.3) is 0 Å². The van der Waals surface area contributed by atoms with Crippen molar-refractivity contribution in [2.24, 2.45) is 0 Å². The van der Waals surface area contributed by atoms with E-state index < -0.39 is 7.59 Å². The normalized spacial score (nSPS) is 13.1. The van der Waals surface area contributed by atoms with Crippen molar-refractivity contribution < 1.29 is 0 Å². The topological polar surface area (TPSA) is 0 Å². The van der Waals surface area contributed by atoms with Gasteiger partial charge in [0.25, 0.3) is 0 Å². The zero-order chi connectivity index (χ0) is 12.7. The molecule has 98 valence electrons. The van der Waals surface area contributed by atoms with Crippen LogP contribution in [-0.4, -0.2) is 7.59 Å². The lowest BCUT2D eigenvalue weighted by Gasteiger charge is -2.10. The minimum Gasteiger partial charge on any atom is -0.0837 e. The van der Waals surface area contributed by atoms with E-state index in [2.05, 4.69) is 0 Å². The Hall–Kier alpha value is 1.74. The third-order valence-electron chi connectivity index (χ3n) is 2.17. The first-order valence-corrected chi connectivity index (χ1v) is 7.61. The molecule has 0 rings (SSSR count). The van der Waals surface area contributed by atoms with Crippen LogP contribution in [0.4, 0.5) is 0 Å². The minimum absolute atomic E-state index is 0.617. The zero-order valence-electron chi connectivity index (χ0n) is 8.92. The molecule has 0 aromatic heterocycles. The Morgan fingerprint density at radius 2 is 0.688 bits per heavy atom. The third kappa shape index (κ3) is 15.7. The molecule has 0 spiro atoms. The molecule has 0 saturated heterocycles. The van der Waals surface area contributed by atoms with Crippen LogP contribution in [0.5, 0.6) is 0 Å². The highest BCUT2D eigenvalue weighted by atomic mass is 35.6. The molecule has 16 heavy (non-hydrogen) atoms. The van der Waals surface area contributed by atoms with Gasteiger partial charge in [0.1, 0.15) is 0 Å². The highest BCUT2D eigenvalue weighted by molar-refractivity contribution is 6.67. The Bertz CT molecular complexity index is 149. The van der Waals surface area contributed by atoms with Crippen molar-refractivity contribution in [1.29, 1.82) is 0 Å². The van der Waals surface area contributed by atoms with E-state index in [-0.39, 0.29) is 0 Å². The summed E-state index contributed by atoms with van der Waals surface area (Å²) in [5, 5.41) is 0. The molecule has 0 atom stereocenters. The van der Waals surface area contributed by atoms with E-state index in [0.717, 1.165) is 38.5 Å². The van der Waals surface area contributed by atoms with Crippen LogP contribution in [0, 0.1) is 0 Å². The SMILES string of the molecule is Cl[13C](Cl)(Cl)[13CH2][13CH2][13CH2][13CH2][13CH2][13CH2][13CH2][13CH2][13C](Cl)(Cl)Cl. The first-order valence-electron chi connectivity index (χ1n) is 5.34. The highest BCUT2D eigenvalue weighted by Gasteiger charge is 2.19. The third-order valence-corrected chi connectivity index (χ3v) is 3.30. The number of unbranched alkanes of at least 4 members (excludes halogenated alkanes) is 5. The van der Waals surface area contributed by atoms with Gasteiger partial charge in [0, 0.05) is 0 Å². The summed E-state index contributed by atoms with van der Waals surface area (Å²) in [6, 6.07) is 0. The molecular formula is C10H16Cl6. The van der Waals surface area contributed by atoms with Gasteiger partial charge in [-0.2, -0.15) is 0 Å². The fourth-order valence-electron chi connectivity index (χ4n) is 1.36. The summed E-state index contributed by atoms with van der Waals surface area (Å²) >= 11 is 33.8. The fourth-order valence-corrected chi connectivity index (χ4v) is 2.16. The van der Waals surface area contributed by atoms with E-state index in [1.807, 2.05) is 0 Å². The van der Waals surface area contributed by atoms with Crippen LogP contribution in [0.3, 0.4) is 0 Å². The largest absolute Gasteiger partial charge is 0.190 e. The summed E-state index contributed by atoms with van der Waals surface area (Å²) in [7, 11) is 0. The van der Waals surface area contributed by atoms with Gasteiger partial charge < -0.3 is 0 Å². The second kappa shape index (κ2) is 8.77. The van der Waals surface area contributed by atoms with E-state index >= 15 is 0 Å². The summed E-state index contributed by atoms with van der Waals surface area (Å²) in [5.41, 5.74) is 0. The Kier molecular flexibility index (Phi) is 9.73. The molecule has 0 N–H and O–H groups in total. The van der Waals surface area contributed by atoms with Gasteiger partial charge in [0.2, 0.25) is 0 Å². The molecule has 0 aliphatic rings. The van der Waals surface area contributed by atoms with Crippen molar-refractivity contribution in [2.75, 3.05) is 0 Å². The van der Waals surface area contributed by atoms with Gasteiger partial charge >= 0.3 is 0 Å². The molecule has 0 fully saturated rings. The summed E-state index contributed by atoms with van der Waals surface area (Å²) in [5.74, 6) is 0. The summed E-state index contributed by atoms with van der Waals surface area (Å²) in [6.45, 7) is 0. The molecule has 0 aliphatic carbocycles. The lowest BCUT2D eigenvalue weighted by Crippen LogP contribution is -2.01. The molecule has 0 unspecified atom stereocenters. The molecule has 0 bridgehead atoms. The van der Waals surface area contributed by atoms with Gasteiger partial charge in [-0.15, -0.1) is 0 Å². The van der Waals surface area contributed by atoms with Crippen LogP contribution in [0.15, 0.2) is 0 Å². The van der Waals surface area contributed by atoms with Crippen molar-refractivity contribution in [2.45, 2.75) is 59.0 Å². The van der Waals surface area contributed by atoms with Crippen LogP contribution in [-0.2, 0) is 0 Å². The second-order valence-corrected chi connectivity index (χ2v) is 8.88. The zero-order valence-corrected chi connectivity index (χ0v) is 13.5. The molecule has 0 saturated carbocycles. The average Bonchev–Trinajstić information content (AvgIpc) is 2.06. The van der Waals surface area contributed by atoms with Crippen molar-refractivity contribution in [3.05, 3.63) is 0 Å². The number of rotatable bonds is 7. The van der Waals surface area contributed by atoms with Crippen LogP contribution in [0.1, 0.15) is 51.4 Å². The van der Waals surface area contributed by atoms with Crippen LogP contribution >= 0.6 is 69.6 Å². The maximum atomic E-state index is 5.63. The van der Waals surface area contributed by atoms with E-state index in [1.54, 1.807) is 0 Å². The summed E-state index contributed by atoms with van der Waals surface area (Å²) < 4.78 is -2.20. The first kappa shape index (κ1) is 17.7. The Balaban J connectivity index is 3.17. The molecule has 0 aliphatic heterocycles. The molecule has 0 aromatic rings. The predicted molar refractivity (Wildman–Crippen MR) is 77.5 cm³/mol. The standard InChI is InChI=1S/C10H16Cl6/c11-9(12,13)7-5-3-1-2-4-6-8-10(14,15)16/h1-8H2/i1+1,2+1,3+1,4+1,5+1,6+1,7+1,8+1,9+1,10+1. The van der Waals surface area contributed by atoms with Crippen molar-refractivity contribution >= 4 is 69.6 Å². The van der Waals surface area contributed by atoms with Crippen LogP contribution < -0.4 is 0 Å². The fraction of sp³-hybridized carbons (Fsp3) is 1.00. The predicted octanol–water partition coefficient (Wildman–Crippen LogP) is 6.85. The first-order chi connectivity index (χ1) is 7.21. The number of halogens is 6. The molecule has 0 amide bonds. The van der Waals surface area contributed by atoms with E-state index in [1.165, 1.54) is 0 Å². The molecular weight excluding hydrogens is 343 g/mol. The van der Waals surface area contributed by atoms with E-state index in [0.29, 0.717) is 12.8 Å². The monoisotopic (exact) mass is 356 g/mol. The smallest absolute Gasteiger partial charge is 0.0837 e. The van der Waals surface area contributed by atoms with Gasteiger partial charge in [-0.05, 0) is 25.7 Å². The molecule has 6 heteroatoms. The van der Waals surface area contributed by atoms with Gasteiger partial charge in [-0.25, -0.2) is 0 Å². The Labute approximate surface area is 128 Å². The minimum atomic E-state index is -1.10. The molecule has 0 aromatic carbocycles. The van der Waals surface area contributed by atoms with Gasteiger partial charge in [-0.3, -0.25) is 0 Å².